The van der Waals surface area contributed by atoms with E-state index in [-0.39, 0.29) is 23.3 Å². The Labute approximate surface area is 216 Å². The van der Waals surface area contributed by atoms with Gasteiger partial charge in [0.25, 0.3) is 11.8 Å². The number of thioether (sulfide) groups is 1. The molecule has 180 valence electrons. The predicted molar refractivity (Wildman–Crippen MR) is 145 cm³/mol. The van der Waals surface area contributed by atoms with Crippen molar-refractivity contribution in [2.45, 2.75) is 4.90 Å². The molecule has 36 heavy (non-hydrogen) atoms. The fraction of sp³-hybridized carbons (Fsp3) is 0.0370. The number of amides is 3. The molecular weight excluding hydrogens is 492 g/mol. The van der Waals surface area contributed by atoms with Gasteiger partial charge in [-0.05, 0) is 77.0 Å². The first kappa shape index (κ1) is 24.9. The highest BCUT2D eigenvalue weighted by molar-refractivity contribution is 8.00. The molecule has 9 heteroatoms. The van der Waals surface area contributed by atoms with Gasteiger partial charge in [0.1, 0.15) is 11.5 Å². The number of nitrogens with zero attached hydrogens (tertiary/aromatic N) is 1. The highest BCUT2D eigenvalue weighted by Gasteiger charge is 2.15. The number of pyridine rings is 1. The Morgan fingerprint density at radius 2 is 1.67 bits per heavy atom. The summed E-state index contributed by atoms with van der Waals surface area (Å²) >= 11 is 2.87. The van der Waals surface area contributed by atoms with E-state index >= 15 is 0 Å². The zero-order valence-corrected chi connectivity index (χ0v) is 20.6. The Hall–Kier alpha value is -4.21. The maximum Gasteiger partial charge on any atom is 0.272 e. The monoisotopic (exact) mass is 514 g/mol. The van der Waals surface area contributed by atoms with Crippen molar-refractivity contribution in [1.82, 2.24) is 10.3 Å². The number of hydrogen-bond acceptors (Lipinski definition) is 6. The molecule has 0 radical (unpaired) electrons. The molecule has 0 unspecified atom stereocenters. The molecule has 0 saturated carbocycles. The van der Waals surface area contributed by atoms with Crippen molar-refractivity contribution in [3.8, 4) is 0 Å². The number of rotatable bonds is 9. The molecule has 2 heterocycles. The summed E-state index contributed by atoms with van der Waals surface area (Å²) in [4.78, 5) is 42.8. The Bertz CT molecular complexity index is 1340. The lowest BCUT2D eigenvalue weighted by atomic mass is 10.2. The first-order chi connectivity index (χ1) is 17.6. The first-order valence-electron chi connectivity index (χ1n) is 10.9. The molecule has 2 aromatic heterocycles. The van der Waals surface area contributed by atoms with Gasteiger partial charge in [0.05, 0.1) is 5.75 Å². The number of hydrogen-bond donors (Lipinski definition) is 3. The topological polar surface area (TPSA) is 100 Å². The average Bonchev–Trinajstić information content (AvgIpc) is 3.42. The van der Waals surface area contributed by atoms with Crippen LogP contribution in [0.25, 0.3) is 6.08 Å². The fourth-order valence-corrected chi connectivity index (χ4v) is 4.38. The fourth-order valence-electron chi connectivity index (χ4n) is 3.06. The third kappa shape index (κ3) is 7.39. The van der Waals surface area contributed by atoms with E-state index in [9.17, 15) is 14.4 Å². The number of thiophene rings is 1. The smallest absolute Gasteiger partial charge is 0.272 e. The normalized spacial score (nSPS) is 10.9. The third-order valence-electron chi connectivity index (χ3n) is 4.80. The summed E-state index contributed by atoms with van der Waals surface area (Å²) in [6.07, 6.45) is 3.25. The summed E-state index contributed by atoms with van der Waals surface area (Å²) in [5.74, 6) is -0.245. The van der Waals surface area contributed by atoms with Crippen molar-refractivity contribution in [3.05, 3.63) is 113 Å². The van der Waals surface area contributed by atoms with Crippen LogP contribution in [-0.2, 0) is 9.59 Å². The van der Waals surface area contributed by atoms with Crippen LogP contribution in [0.3, 0.4) is 0 Å². The van der Waals surface area contributed by atoms with Crippen LogP contribution in [0.4, 0.5) is 11.5 Å². The van der Waals surface area contributed by atoms with Crippen molar-refractivity contribution in [3.63, 3.8) is 0 Å². The van der Waals surface area contributed by atoms with E-state index < -0.39 is 5.91 Å². The largest absolute Gasteiger partial charge is 0.321 e. The summed E-state index contributed by atoms with van der Waals surface area (Å²) in [5.41, 5.74) is 1.96. The highest BCUT2D eigenvalue weighted by Crippen LogP contribution is 2.21. The Kier molecular flexibility index (Phi) is 8.63. The molecule has 0 atom stereocenters. The van der Waals surface area contributed by atoms with E-state index in [1.54, 1.807) is 66.9 Å². The lowest BCUT2D eigenvalue weighted by molar-refractivity contribution is -0.114. The second-order valence-corrected chi connectivity index (χ2v) is 9.29. The van der Waals surface area contributed by atoms with Crippen molar-refractivity contribution < 1.29 is 14.4 Å². The molecule has 4 aromatic rings. The molecule has 0 fully saturated rings. The van der Waals surface area contributed by atoms with E-state index in [1.807, 2.05) is 35.0 Å². The average molecular weight is 515 g/mol. The van der Waals surface area contributed by atoms with Crippen LogP contribution < -0.4 is 16.0 Å². The minimum absolute atomic E-state index is 0.131. The van der Waals surface area contributed by atoms with Gasteiger partial charge in [-0.15, -0.1) is 11.8 Å². The molecule has 3 amide bonds. The highest BCUT2D eigenvalue weighted by atomic mass is 32.2. The van der Waals surface area contributed by atoms with Gasteiger partial charge < -0.3 is 16.0 Å². The van der Waals surface area contributed by atoms with E-state index in [2.05, 4.69) is 20.9 Å². The Balaban J connectivity index is 1.37. The summed E-state index contributed by atoms with van der Waals surface area (Å²) in [7, 11) is 0. The van der Waals surface area contributed by atoms with Gasteiger partial charge in [0.2, 0.25) is 5.91 Å². The predicted octanol–water partition coefficient (Wildman–Crippen LogP) is 5.28. The SMILES string of the molecule is O=C(CSc1ccc(NC(=O)/C(=C/c2ccsc2)NC(=O)c2ccccc2)cc1)Nc1ccccn1. The van der Waals surface area contributed by atoms with E-state index in [4.69, 9.17) is 0 Å². The lowest BCUT2D eigenvalue weighted by Crippen LogP contribution is -2.30. The molecule has 2 aromatic carbocycles. The molecular formula is C27H22N4O3S2. The van der Waals surface area contributed by atoms with Gasteiger partial charge in [-0.2, -0.15) is 11.3 Å². The van der Waals surface area contributed by atoms with Crippen molar-refractivity contribution in [1.29, 1.82) is 0 Å². The number of carbonyl (C=O) groups is 3. The molecule has 0 aliphatic carbocycles. The standard InChI is InChI=1S/C27H22N4O3S2/c32-25(31-24-8-4-5-14-28-24)18-36-22-11-9-21(10-12-22)29-27(34)23(16-19-13-15-35-17-19)30-26(33)20-6-2-1-3-7-20/h1-17H,18H2,(H,29,34)(H,30,33)(H,28,31,32)/b23-16-. The maximum absolute atomic E-state index is 13.0. The maximum atomic E-state index is 13.0. The summed E-state index contributed by atoms with van der Waals surface area (Å²) in [5, 5.41) is 12.1. The summed E-state index contributed by atoms with van der Waals surface area (Å²) in [6, 6.07) is 23.0. The molecule has 3 N–H and O–H groups in total. The number of aromatic nitrogens is 1. The van der Waals surface area contributed by atoms with E-state index in [0.717, 1.165) is 10.5 Å². The van der Waals surface area contributed by atoms with E-state index in [0.29, 0.717) is 17.1 Å². The van der Waals surface area contributed by atoms with Crippen LogP contribution >= 0.6 is 23.1 Å². The molecule has 0 aliphatic heterocycles. The molecule has 7 nitrogen and oxygen atoms in total. The van der Waals surface area contributed by atoms with Gasteiger partial charge >= 0.3 is 0 Å². The lowest BCUT2D eigenvalue weighted by Gasteiger charge is -2.11. The second-order valence-electron chi connectivity index (χ2n) is 7.47. The molecule has 0 spiro atoms. The molecule has 0 aliphatic rings. The molecule has 0 bridgehead atoms. The summed E-state index contributed by atoms with van der Waals surface area (Å²) < 4.78 is 0. The molecule has 0 saturated heterocycles. The number of anilines is 2. The van der Waals surface area contributed by atoms with Crippen LogP contribution in [0, 0.1) is 0 Å². The van der Waals surface area contributed by atoms with Crippen molar-refractivity contribution in [2.75, 3.05) is 16.4 Å². The van der Waals surface area contributed by atoms with Crippen molar-refractivity contribution in [2.24, 2.45) is 0 Å². The Morgan fingerprint density at radius 1 is 0.889 bits per heavy atom. The van der Waals surface area contributed by atoms with Gasteiger partial charge in [-0.1, -0.05) is 24.3 Å². The minimum Gasteiger partial charge on any atom is -0.321 e. The zero-order valence-electron chi connectivity index (χ0n) is 19.0. The van der Waals surface area contributed by atoms with Crippen LogP contribution in [-0.4, -0.2) is 28.5 Å². The minimum atomic E-state index is -0.444. The van der Waals surface area contributed by atoms with Crippen molar-refractivity contribution >= 4 is 58.4 Å². The number of benzene rings is 2. The van der Waals surface area contributed by atoms with Gasteiger partial charge in [-0.25, -0.2) is 4.98 Å². The first-order valence-corrected chi connectivity index (χ1v) is 12.8. The number of nitrogens with one attached hydrogen (secondary N) is 3. The third-order valence-corrected chi connectivity index (χ3v) is 6.51. The van der Waals surface area contributed by atoms with Gasteiger partial charge in [0.15, 0.2) is 0 Å². The zero-order chi connectivity index (χ0) is 25.2. The van der Waals surface area contributed by atoms with Crippen LogP contribution in [0.2, 0.25) is 0 Å². The molecule has 4 rings (SSSR count). The Morgan fingerprint density at radius 3 is 2.36 bits per heavy atom. The van der Waals surface area contributed by atoms with E-state index in [1.165, 1.54) is 23.1 Å². The second kappa shape index (κ2) is 12.5. The van der Waals surface area contributed by atoms with Gasteiger partial charge in [-0.3, -0.25) is 14.4 Å². The number of carbonyl (C=O) groups excluding carboxylic acids is 3. The van der Waals surface area contributed by atoms with Crippen LogP contribution in [0.1, 0.15) is 15.9 Å². The summed E-state index contributed by atoms with van der Waals surface area (Å²) in [6.45, 7) is 0. The van der Waals surface area contributed by atoms with Gasteiger partial charge in [0, 0.05) is 22.3 Å². The van der Waals surface area contributed by atoms with Crippen LogP contribution in [0.5, 0.6) is 0 Å². The van der Waals surface area contributed by atoms with Crippen LogP contribution in [0.15, 0.2) is 106 Å². The quantitative estimate of drug-likeness (QED) is 0.208.